The minimum atomic E-state index is -0.166. The molecule has 17 heavy (non-hydrogen) atoms. The van der Waals surface area contributed by atoms with E-state index in [-0.39, 0.29) is 12.1 Å². The van der Waals surface area contributed by atoms with Gasteiger partial charge in [0.1, 0.15) is 0 Å². The number of allylic oxidation sites excluding steroid dienone is 2. The van der Waals surface area contributed by atoms with Crippen molar-refractivity contribution in [2.75, 3.05) is 0 Å². The van der Waals surface area contributed by atoms with Crippen LogP contribution in [-0.4, -0.2) is 12.1 Å². The minimum absolute atomic E-state index is 0.0833. The molecule has 0 saturated carbocycles. The molecule has 0 heterocycles. The molecule has 0 aliphatic heterocycles. The molecular formula is C15H28O2. The summed E-state index contributed by atoms with van der Waals surface area (Å²) in [6.07, 6.45) is 14.3. The third-order valence-corrected chi connectivity index (χ3v) is 2.75. The number of carbonyl (C=O) groups excluding carboxylic acids is 1. The van der Waals surface area contributed by atoms with E-state index in [1.54, 1.807) is 0 Å². The van der Waals surface area contributed by atoms with Crippen LogP contribution in [0.3, 0.4) is 0 Å². The number of hydrogen-bond donors (Lipinski definition) is 0. The lowest BCUT2D eigenvalue weighted by Crippen LogP contribution is -2.11. The van der Waals surface area contributed by atoms with Crippen molar-refractivity contribution in [1.82, 2.24) is 0 Å². The van der Waals surface area contributed by atoms with Gasteiger partial charge >= 0.3 is 5.97 Å². The molecule has 0 aliphatic rings. The number of hydrogen-bond acceptors (Lipinski definition) is 2. The van der Waals surface area contributed by atoms with E-state index in [2.05, 4.69) is 19.1 Å². The first-order valence-corrected chi connectivity index (χ1v) is 6.99. The molecule has 0 spiro atoms. The molecule has 0 radical (unpaired) electrons. The molecule has 0 rings (SSSR count). The summed E-state index contributed by atoms with van der Waals surface area (Å²) in [6.45, 7) is 5.61. The zero-order chi connectivity index (χ0) is 12.9. The van der Waals surface area contributed by atoms with Gasteiger partial charge in [-0.05, 0) is 39.0 Å². The van der Waals surface area contributed by atoms with Crippen LogP contribution >= 0.6 is 0 Å². The summed E-state index contributed by atoms with van der Waals surface area (Å²) in [5.74, 6) is -0.166. The van der Waals surface area contributed by atoms with Crippen LogP contribution in [0.2, 0.25) is 0 Å². The SMILES string of the molecule is CC/C=C/CCCCCCC[C@H](C)OC(C)=O. The fraction of sp³-hybridized carbons (Fsp3) is 0.800. The van der Waals surface area contributed by atoms with Crippen LogP contribution in [-0.2, 0) is 9.53 Å². The van der Waals surface area contributed by atoms with E-state index in [9.17, 15) is 4.79 Å². The van der Waals surface area contributed by atoms with Gasteiger partial charge in [0.15, 0.2) is 0 Å². The van der Waals surface area contributed by atoms with E-state index in [4.69, 9.17) is 4.74 Å². The normalized spacial score (nSPS) is 12.9. The molecule has 2 nitrogen and oxygen atoms in total. The number of ether oxygens (including phenoxy) is 1. The molecule has 0 aromatic carbocycles. The van der Waals surface area contributed by atoms with Gasteiger partial charge < -0.3 is 4.74 Å². The maximum Gasteiger partial charge on any atom is 0.302 e. The lowest BCUT2D eigenvalue weighted by Gasteiger charge is -2.10. The molecule has 0 amide bonds. The van der Waals surface area contributed by atoms with Crippen LogP contribution in [0.5, 0.6) is 0 Å². The maximum absolute atomic E-state index is 10.7. The second-order valence-corrected chi connectivity index (χ2v) is 4.64. The van der Waals surface area contributed by atoms with Gasteiger partial charge in [0.05, 0.1) is 6.10 Å². The molecule has 0 bridgehead atoms. The van der Waals surface area contributed by atoms with Crippen LogP contribution in [0.4, 0.5) is 0 Å². The molecule has 0 aromatic heterocycles. The van der Waals surface area contributed by atoms with Crippen LogP contribution in [0.1, 0.15) is 72.1 Å². The van der Waals surface area contributed by atoms with Crippen molar-refractivity contribution < 1.29 is 9.53 Å². The van der Waals surface area contributed by atoms with Crippen molar-refractivity contribution in [3.63, 3.8) is 0 Å². The first-order valence-electron chi connectivity index (χ1n) is 6.99. The lowest BCUT2D eigenvalue weighted by atomic mass is 10.1. The van der Waals surface area contributed by atoms with Gasteiger partial charge in [0.25, 0.3) is 0 Å². The van der Waals surface area contributed by atoms with E-state index in [0.29, 0.717) is 0 Å². The fourth-order valence-electron chi connectivity index (χ4n) is 1.85. The quantitative estimate of drug-likeness (QED) is 0.316. The first-order chi connectivity index (χ1) is 8.16. The topological polar surface area (TPSA) is 26.3 Å². The summed E-state index contributed by atoms with van der Waals surface area (Å²) in [6, 6.07) is 0. The predicted molar refractivity (Wildman–Crippen MR) is 73.0 cm³/mol. The van der Waals surface area contributed by atoms with Crippen LogP contribution in [0, 0.1) is 0 Å². The van der Waals surface area contributed by atoms with Crippen molar-refractivity contribution >= 4 is 5.97 Å². The number of esters is 1. The van der Waals surface area contributed by atoms with Crippen molar-refractivity contribution in [1.29, 1.82) is 0 Å². The van der Waals surface area contributed by atoms with Gasteiger partial charge in [-0.3, -0.25) is 4.79 Å². The lowest BCUT2D eigenvalue weighted by molar-refractivity contribution is -0.145. The molecule has 0 saturated heterocycles. The molecular weight excluding hydrogens is 212 g/mol. The number of unbranched alkanes of at least 4 members (excludes halogenated alkanes) is 5. The Balaban J connectivity index is 3.18. The standard InChI is InChI=1S/C15H28O2/c1-4-5-6-7-8-9-10-11-12-13-14(2)17-15(3)16/h5-6,14H,4,7-13H2,1-3H3/b6-5+/t14-/m0/s1. The van der Waals surface area contributed by atoms with E-state index in [1.807, 2.05) is 6.92 Å². The first kappa shape index (κ1) is 16.2. The highest BCUT2D eigenvalue weighted by molar-refractivity contribution is 5.66. The highest BCUT2D eigenvalue weighted by atomic mass is 16.5. The van der Waals surface area contributed by atoms with Gasteiger partial charge in [-0.25, -0.2) is 0 Å². The van der Waals surface area contributed by atoms with Gasteiger partial charge in [0.2, 0.25) is 0 Å². The van der Waals surface area contributed by atoms with Crippen LogP contribution < -0.4 is 0 Å². The molecule has 100 valence electrons. The average Bonchev–Trinajstić information content (AvgIpc) is 2.26. The maximum atomic E-state index is 10.7. The van der Waals surface area contributed by atoms with Crippen molar-refractivity contribution in [3.05, 3.63) is 12.2 Å². The van der Waals surface area contributed by atoms with Gasteiger partial charge in [-0.1, -0.05) is 38.3 Å². The fourth-order valence-corrected chi connectivity index (χ4v) is 1.85. The molecule has 2 heteroatoms. The highest BCUT2D eigenvalue weighted by Gasteiger charge is 2.04. The van der Waals surface area contributed by atoms with E-state index in [0.717, 1.165) is 12.8 Å². The summed E-state index contributed by atoms with van der Waals surface area (Å²) in [4.78, 5) is 10.7. The Morgan fingerprint density at radius 1 is 1.12 bits per heavy atom. The Hall–Kier alpha value is -0.790. The number of rotatable bonds is 10. The third kappa shape index (κ3) is 13.1. The second-order valence-electron chi connectivity index (χ2n) is 4.64. The molecule has 0 aliphatic carbocycles. The van der Waals surface area contributed by atoms with E-state index in [1.165, 1.54) is 45.4 Å². The van der Waals surface area contributed by atoms with Gasteiger partial charge in [-0.2, -0.15) is 0 Å². The van der Waals surface area contributed by atoms with Crippen LogP contribution in [0.25, 0.3) is 0 Å². The highest BCUT2D eigenvalue weighted by Crippen LogP contribution is 2.10. The third-order valence-electron chi connectivity index (χ3n) is 2.75. The van der Waals surface area contributed by atoms with E-state index < -0.39 is 0 Å². The molecule has 0 aromatic rings. The summed E-state index contributed by atoms with van der Waals surface area (Å²) in [5.41, 5.74) is 0. The molecule has 1 atom stereocenters. The summed E-state index contributed by atoms with van der Waals surface area (Å²) >= 11 is 0. The van der Waals surface area contributed by atoms with E-state index >= 15 is 0 Å². The van der Waals surface area contributed by atoms with Crippen molar-refractivity contribution in [2.24, 2.45) is 0 Å². The Morgan fingerprint density at radius 3 is 2.41 bits per heavy atom. The number of carbonyl (C=O) groups is 1. The van der Waals surface area contributed by atoms with Gasteiger partial charge in [-0.15, -0.1) is 0 Å². The van der Waals surface area contributed by atoms with Crippen molar-refractivity contribution in [2.45, 2.75) is 78.2 Å². The average molecular weight is 240 g/mol. The Bertz CT molecular complexity index is 209. The van der Waals surface area contributed by atoms with Gasteiger partial charge in [0, 0.05) is 6.92 Å². The Kier molecular flexibility index (Phi) is 11.1. The molecule has 0 unspecified atom stereocenters. The largest absolute Gasteiger partial charge is 0.463 e. The zero-order valence-corrected chi connectivity index (χ0v) is 11.7. The zero-order valence-electron chi connectivity index (χ0n) is 11.7. The minimum Gasteiger partial charge on any atom is -0.463 e. The molecule has 0 N–H and O–H groups in total. The predicted octanol–water partition coefficient (Wildman–Crippen LogP) is 4.63. The summed E-state index contributed by atoms with van der Waals surface area (Å²) in [7, 11) is 0. The Morgan fingerprint density at radius 2 is 1.76 bits per heavy atom. The van der Waals surface area contributed by atoms with Crippen LogP contribution in [0.15, 0.2) is 12.2 Å². The van der Waals surface area contributed by atoms with Crippen molar-refractivity contribution in [3.8, 4) is 0 Å². The molecule has 0 fully saturated rings. The summed E-state index contributed by atoms with van der Waals surface area (Å²) in [5, 5.41) is 0. The summed E-state index contributed by atoms with van der Waals surface area (Å²) < 4.78 is 5.07. The Labute approximate surface area is 106 Å². The second kappa shape index (κ2) is 11.7. The smallest absolute Gasteiger partial charge is 0.302 e. The monoisotopic (exact) mass is 240 g/mol.